The summed E-state index contributed by atoms with van der Waals surface area (Å²) < 4.78 is 8.67. The number of fused-ring (bicyclic) bond motifs is 8. The third-order valence-corrected chi connectivity index (χ3v) is 5.36. The Morgan fingerprint density at radius 1 is 1.21 bits per heavy atom. The number of hydrogen-bond acceptors (Lipinski definition) is 6. The van der Waals surface area contributed by atoms with E-state index < -0.39 is 23.7 Å². The van der Waals surface area contributed by atoms with Crippen molar-refractivity contribution in [2.24, 2.45) is 0 Å². The van der Waals surface area contributed by atoms with E-state index in [0.29, 0.717) is 28.0 Å². The van der Waals surface area contributed by atoms with Gasteiger partial charge in [-0.05, 0) is 32.9 Å². The van der Waals surface area contributed by atoms with E-state index in [1.54, 1.807) is 49.9 Å². The topological polar surface area (TPSA) is 99.3 Å². The lowest BCUT2D eigenvalue weighted by atomic mass is 9.87. The zero-order chi connectivity index (χ0) is 20.7. The van der Waals surface area contributed by atoms with Crippen molar-refractivity contribution in [2.45, 2.75) is 38.3 Å². The summed E-state index contributed by atoms with van der Waals surface area (Å²) in [5.41, 5.74) is 1.34. The van der Waals surface area contributed by atoms with Crippen LogP contribution in [0.5, 0.6) is 0 Å². The molecule has 0 bridgehead atoms. The van der Waals surface area contributed by atoms with E-state index in [2.05, 4.69) is 9.97 Å². The molecule has 0 radical (unpaired) electrons. The first-order valence-corrected chi connectivity index (χ1v) is 9.27. The summed E-state index contributed by atoms with van der Waals surface area (Å²) in [5, 5.41) is 0.646. The number of likely N-dealkylation sites (tertiary alicyclic amines) is 1. The molecule has 148 valence electrons. The van der Waals surface area contributed by atoms with Gasteiger partial charge in [-0.1, -0.05) is 0 Å². The molecule has 0 spiro atoms. The number of carbonyl (C=O) groups is 3. The second-order valence-electron chi connectivity index (χ2n) is 8.30. The highest BCUT2D eigenvalue weighted by Gasteiger charge is 2.53. The Balaban J connectivity index is 1.87. The minimum Gasteiger partial charge on any atom is -0.443 e. The van der Waals surface area contributed by atoms with Crippen LogP contribution in [0.3, 0.4) is 0 Å². The fourth-order valence-corrected chi connectivity index (χ4v) is 4.26. The van der Waals surface area contributed by atoms with Gasteiger partial charge in [-0.2, -0.15) is 0 Å². The van der Waals surface area contributed by atoms with Crippen molar-refractivity contribution in [3.05, 3.63) is 36.4 Å². The minimum absolute atomic E-state index is 0.299. The van der Waals surface area contributed by atoms with Crippen LogP contribution >= 0.6 is 0 Å². The summed E-state index contributed by atoms with van der Waals surface area (Å²) in [6.07, 6.45) is 4.09. The van der Waals surface area contributed by atoms with Gasteiger partial charge in [-0.15, -0.1) is 0 Å². The van der Waals surface area contributed by atoms with Crippen LogP contribution in [0.2, 0.25) is 0 Å². The Bertz CT molecular complexity index is 1220. The van der Waals surface area contributed by atoms with E-state index in [1.807, 2.05) is 0 Å². The third kappa shape index (κ3) is 2.24. The molecule has 5 rings (SSSR count). The van der Waals surface area contributed by atoms with Gasteiger partial charge in [0, 0.05) is 24.2 Å². The Morgan fingerprint density at radius 2 is 1.97 bits per heavy atom. The lowest BCUT2D eigenvalue weighted by molar-refractivity contribution is -0.137. The number of carbonyl (C=O) groups excluding carboxylic acids is 3. The molecule has 9 nitrogen and oxygen atoms in total. The number of imidazole rings is 1. The van der Waals surface area contributed by atoms with Gasteiger partial charge in [0.25, 0.3) is 5.91 Å². The molecule has 9 heteroatoms. The van der Waals surface area contributed by atoms with Crippen molar-refractivity contribution in [3.8, 4) is 11.4 Å². The molecule has 2 aliphatic rings. The first-order valence-electron chi connectivity index (χ1n) is 9.27. The maximum absolute atomic E-state index is 13.2. The van der Waals surface area contributed by atoms with Crippen LogP contribution in [0.15, 0.2) is 30.9 Å². The second kappa shape index (κ2) is 5.53. The summed E-state index contributed by atoms with van der Waals surface area (Å²) in [7, 11) is 1.48. The predicted octanol–water partition coefficient (Wildman–Crippen LogP) is 2.32. The van der Waals surface area contributed by atoms with E-state index in [9.17, 15) is 14.4 Å². The third-order valence-electron chi connectivity index (χ3n) is 5.36. The zero-order valence-corrected chi connectivity index (χ0v) is 16.4. The monoisotopic (exact) mass is 393 g/mol. The van der Waals surface area contributed by atoms with Crippen LogP contribution in [0.4, 0.5) is 4.79 Å². The lowest BCUT2D eigenvalue weighted by Crippen LogP contribution is -2.30. The molecular formula is C20H19N5O4. The molecule has 2 aliphatic heterocycles. The number of imide groups is 1. The predicted molar refractivity (Wildman–Crippen MR) is 102 cm³/mol. The van der Waals surface area contributed by atoms with Crippen molar-refractivity contribution in [1.29, 1.82) is 0 Å². The average molecular weight is 393 g/mol. The molecule has 0 aliphatic carbocycles. The largest absolute Gasteiger partial charge is 0.443 e. The summed E-state index contributed by atoms with van der Waals surface area (Å²) >= 11 is 0. The normalized spacial score (nSPS) is 20.6. The highest BCUT2D eigenvalue weighted by Crippen LogP contribution is 2.50. The van der Waals surface area contributed by atoms with Gasteiger partial charge < -0.3 is 9.30 Å². The van der Waals surface area contributed by atoms with E-state index in [0.717, 1.165) is 4.90 Å². The number of pyridine rings is 1. The molecule has 0 saturated carbocycles. The minimum atomic E-state index is -0.750. The second-order valence-corrected chi connectivity index (χ2v) is 8.30. The van der Waals surface area contributed by atoms with E-state index in [1.165, 1.54) is 17.9 Å². The first-order chi connectivity index (χ1) is 13.7. The average Bonchev–Trinajstić information content (AvgIpc) is 3.31. The molecular weight excluding hydrogens is 374 g/mol. The van der Waals surface area contributed by atoms with Crippen molar-refractivity contribution < 1.29 is 19.1 Å². The number of aromatic nitrogens is 4. The van der Waals surface area contributed by atoms with Crippen LogP contribution in [0, 0.1) is 0 Å². The number of ether oxygens (including phenoxy) is 1. The van der Waals surface area contributed by atoms with Crippen LogP contribution in [-0.2, 0) is 14.3 Å². The molecule has 3 aromatic heterocycles. The summed E-state index contributed by atoms with van der Waals surface area (Å²) in [6, 6.07) is 2.82. The molecule has 2 unspecified atom stereocenters. The van der Waals surface area contributed by atoms with Gasteiger partial charge in [-0.25, -0.2) is 19.3 Å². The van der Waals surface area contributed by atoms with Crippen molar-refractivity contribution >= 4 is 28.9 Å². The van der Waals surface area contributed by atoms with Crippen LogP contribution in [0.25, 0.3) is 22.4 Å². The van der Waals surface area contributed by atoms with Gasteiger partial charge >= 0.3 is 6.09 Å². The number of nitrogens with zero attached hydrogens (tertiary/aromatic N) is 5. The molecule has 1 fully saturated rings. The highest BCUT2D eigenvalue weighted by molar-refractivity contribution is 6.13. The highest BCUT2D eigenvalue weighted by atomic mass is 16.6. The van der Waals surface area contributed by atoms with Crippen LogP contribution in [-0.4, -0.2) is 54.6 Å². The van der Waals surface area contributed by atoms with E-state index in [4.69, 9.17) is 4.74 Å². The smallest absolute Gasteiger partial charge is 0.420 e. The van der Waals surface area contributed by atoms with Gasteiger partial charge in [0.2, 0.25) is 5.91 Å². The number of rotatable bonds is 0. The summed E-state index contributed by atoms with van der Waals surface area (Å²) in [5.74, 6) is -1.36. The van der Waals surface area contributed by atoms with Crippen LogP contribution < -0.4 is 0 Å². The molecule has 2 amide bonds. The molecule has 3 aromatic rings. The lowest BCUT2D eigenvalue weighted by Gasteiger charge is -2.26. The molecule has 5 heterocycles. The van der Waals surface area contributed by atoms with E-state index in [-0.39, 0.29) is 11.8 Å². The Hall–Kier alpha value is -3.49. The fourth-order valence-electron chi connectivity index (χ4n) is 4.26. The first kappa shape index (κ1) is 17.6. The number of amides is 2. The van der Waals surface area contributed by atoms with Gasteiger partial charge in [0.05, 0.1) is 29.8 Å². The van der Waals surface area contributed by atoms with Gasteiger partial charge in [0.1, 0.15) is 17.3 Å². The van der Waals surface area contributed by atoms with Crippen molar-refractivity contribution in [1.82, 2.24) is 24.0 Å². The Labute approximate surface area is 165 Å². The Kier molecular flexibility index (Phi) is 3.35. The standard InChI is InChI=1S/C20H19N5O4/c1-20(2,3)29-19(28)25-14-11-8-21-9-24(11)15-13(17(26)23(4)18(15)27)12(14)10-6-5-7-22-16(10)25/h5-9,13,15H,1-4H3. The molecule has 2 atom stereocenters. The van der Waals surface area contributed by atoms with Crippen molar-refractivity contribution in [2.75, 3.05) is 7.05 Å². The fraction of sp³-hybridized carbons (Fsp3) is 0.350. The van der Waals surface area contributed by atoms with Crippen LogP contribution in [0.1, 0.15) is 38.3 Å². The Morgan fingerprint density at radius 3 is 2.69 bits per heavy atom. The zero-order valence-electron chi connectivity index (χ0n) is 16.4. The van der Waals surface area contributed by atoms with Gasteiger partial charge in [-0.3, -0.25) is 14.5 Å². The van der Waals surface area contributed by atoms with Gasteiger partial charge in [0.15, 0.2) is 0 Å². The molecule has 0 N–H and O–H groups in total. The van der Waals surface area contributed by atoms with E-state index >= 15 is 0 Å². The summed E-state index contributed by atoms with van der Waals surface area (Å²) in [4.78, 5) is 48.7. The molecule has 1 saturated heterocycles. The quantitative estimate of drug-likeness (QED) is 0.544. The van der Waals surface area contributed by atoms with Crippen molar-refractivity contribution in [3.63, 3.8) is 0 Å². The molecule has 0 aromatic carbocycles. The maximum Gasteiger partial charge on any atom is 0.420 e. The number of hydrogen-bond donors (Lipinski definition) is 0. The summed E-state index contributed by atoms with van der Waals surface area (Å²) in [6.45, 7) is 5.35. The number of likely N-dealkylation sites (N-methyl/N-ethyl adjacent to an activating group) is 1. The SMILES string of the molecule is CN1C(=O)C2c3c(n(C(=O)OC(C)(C)C)c4ncccc34)-c3cncn3C2C1=O. The molecule has 29 heavy (non-hydrogen) atoms. The maximum atomic E-state index is 13.2.